The first-order valence-corrected chi connectivity index (χ1v) is 10.3. The molecular weight excluding hydrogens is 366 g/mol. The molecule has 1 aliphatic heterocycles. The van der Waals surface area contributed by atoms with Gasteiger partial charge in [0.25, 0.3) is 0 Å². The van der Waals surface area contributed by atoms with Crippen LogP contribution in [0.15, 0.2) is 42.5 Å². The van der Waals surface area contributed by atoms with Crippen LogP contribution in [0.25, 0.3) is 0 Å². The van der Waals surface area contributed by atoms with Crippen LogP contribution in [0.2, 0.25) is 0 Å². The number of ketones is 2. The van der Waals surface area contributed by atoms with Crippen molar-refractivity contribution in [3.63, 3.8) is 0 Å². The second kappa shape index (κ2) is 9.61. The molecule has 0 spiro atoms. The molecule has 1 aliphatic carbocycles. The Morgan fingerprint density at radius 1 is 0.897 bits per heavy atom. The van der Waals surface area contributed by atoms with Crippen molar-refractivity contribution >= 4 is 17.5 Å². The van der Waals surface area contributed by atoms with Gasteiger partial charge >= 0.3 is 5.97 Å². The Morgan fingerprint density at radius 3 is 2.07 bits per heavy atom. The smallest absolute Gasteiger partial charge is 0.335 e. The van der Waals surface area contributed by atoms with Gasteiger partial charge in [-0.3, -0.25) is 9.59 Å². The van der Waals surface area contributed by atoms with Crippen LogP contribution in [0, 0.1) is 0 Å². The maximum atomic E-state index is 12.3. The number of hydrogen-bond acceptors (Lipinski definition) is 4. The maximum Gasteiger partial charge on any atom is 0.335 e. The highest BCUT2D eigenvalue weighted by Gasteiger charge is 2.29. The lowest BCUT2D eigenvalue weighted by Gasteiger charge is -2.17. The minimum atomic E-state index is -1.12. The highest BCUT2D eigenvalue weighted by Crippen LogP contribution is 2.27. The Bertz CT molecular complexity index is 913. The van der Waals surface area contributed by atoms with Gasteiger partial charge in [0, 0.05) is 22.3 Å². The zero-order valence-corrected chi connectivity index (χ0v) is 16.8. The summed E-state index contributed by atoms with van der Waals surface area (Å²) in [5, 5.41) is 8.94. The van der Waals surface area contributed by atoms with Crippen LogP contribution in [0.3, 0.4) is 0 Å². The molecule has 1 saturated heterocycles. The Hall–Kier alpha value is -2.79. The summed E-state index contributed by atoms with van der Waals surface area (Å²) in [6.07, 6.45) is 7.05. The predicted molar refractivity (Wildman–Crippen MR) is 112 cm³/mol. The summed E-state index contributed by atoms with van der Waals surface area (Å²) in [4.78, 5) is 38.0. The van der Waals surface area contributed by atoms with Crippen molar-refractivity contribution in [1.82, 2.24) is 4.90 Å². The number of likely N-dealkylation sites (tertiary alicyclic amines) is 1. The first-order chi connectivity index (χ1) is 14.0. The van der Waals surface area contributed by atoms with Gasteiger partial charge in [0.1, 0.15) is 0 Å². The monoisotopic (exact) mass is 393 g/mol. The fourth-order valence-electron chi connectivity index (χ4n) is 3.82. The Labute approximate surface area is 171 Å². The molecule has 2 aliphatic rings. The van der Waals surface area contributed by atoms with Crippen LogP contribution < -0.4 is 0 Å². The van der Waals surface area contributed by atoms with Crippen LogP contribution in [-0.4, -0.2) is 47.2 Å². The summed E-state index contributed by atoms with van der Waals surface area (Å²) in [5.41, 5.74) is 1.10. The summed E-state index contributed by atoms with van der Waals surface area (Å²) >= 11 is 0. The minimum Gasteiger partial charge on any atom is -0.478 e. The standard InChI is InChI=1S/C15H8O4.C9H19N/c16-13-9-3-1-2-4-10(9)14(17)12-7-8(15(18)19)5-6-11(12)13;1-2-3-4-7-10-8-5-6-9-10/h1-7H,(H,18,19);2-9H2,1H3. The average Bonchev–Trinajstić information content (AvgIpc) is 3.26. The van der Waals surface area contributed by atoms with E-state index in [-0.39, 0.29) is 28.3 Å². The van der Waals surface area contributed by atoms with Crippen LogP contribution in [0.4, 0.5) is 0 Å². The van der Waals surface area contributed by atoms with Crippen molar-refractivity contribution in [3.05, 3.63) is 70.3 Å². The van der Waals surface area contributed by atoms with Crippen molar-refractivity contribution in [2.45, 2.75) is 39.0 Å². The lowest BCUT2D eigenvalue weighted by atomic mass is 9.83. The molecule has 2 aromatic rings. The highest BCUT2D eigenvalue weighted by molar-refractivity contribution is 6.28. The molecule has 2 aromatic carbocycles. The van der Waals surface area contributed by atoms with Gasteiger partial charge in [0.2, 0.25) is 0 Å². The Kier molecular flexibility index (Phi) is 6.94. The molecule has 0 radical (unpaired) electrons. The third-order valence-electron chi connectivity index (χ3n) is 5.45. The van der Waals surface area contributed by atoms with Crippen LogP contribution in [0.5, 0.6) is 0 Å². The molecule has 5 heteroatoms. The molecule has 1 fully saturated rings. The van der Waals surface area contributed by atoms with E-state index >= 15 is 0 Å². The molecule has 0 atom stereocenters. The Morgan fingerprint density at radius 2 is 1.48 bits per heavy atom. The van der Waals surface area contributed by atoms with Gasteiger partial charge < -0.3 is 10.0 Å². The summed E-state index contributed by atoms with van der Waals surface area (Å²) in [5.74, 6) is -1.68. The largest absolute Gasteiger partial charge is 0.478 e. The number of nitrogens with zero attached hydrogens (tertiary/aromatic N) is 1. The summed E-state index contributed by atoms with van der Waals surface area (Å²) < 4.78 is 0. The third kappa shape index (κ3) is 4.80. The molecule has 0 saturated carbocycles. The van der Waals surface area contributed by atoms with Crippen molar-refractivity contribution in [1.29, 1.82) is 0 Å². The molecule has 5 nitrogen and oxygen atoms in total. The predicted octanol–water partition coefficient (Wildman–Crippen LogP) is 4.43. The van der Waals surface area contributed by atoms with Gasteiger partial charge in [-0.25, -0.2) is 4.79 Å². The second-order valence-corrected chi connectivity index (χ2v) is 7.53. The number of fused-ring (bicyclic) bond motifs is 2. The molecule has 0 unspecified atom stereocenters. The van der Waals surface area contributed by atoms with E-state index in [2.05, 4.69) is 11.8 Å². The topological polar surface area (TPSA) is 74.7 Å². The lowest BCUT2D eigenvalue weighted by Crippen LogP contribution is -2.21. The highest BCUT2D eigenvalue weighted by atomic mass is 16.4. The maximum absolute atomic E-state index is 12.3. The molecule has 29 heavy (non-hydrogen) atoms. The van der Waals surface area contributed by atoms with Gasteiger partial charge in [0.05, 0.1) is 5.56 Å². The summed E-state index contributed by atoms with van der Waals surface area (Å²) in [6, 6.07) is 10.5. The zero-order chi connectivity index (χ0) is 20.8. The number of carbonyl (C=O) groups excluding carboxylic acids is 2. The minimum absolute atomic E-state index is 0.000666. The number of hydrogen-bond donors (Lipinski definition) is 1. The quantitative estimate of drug-likeness (QED) is 0.649. The van der Waals surface area contributed by atoms with Crippen molar-refractivity contribution in [2.24, 2.45) is 0 Å². The van der Waals surface area contributed by atoms with E-state index in [4.69, 9.17) is 5.11 Å². The first kappa shape index (κ1) is 20.9. The molecule has 1 N–H and O–H groups in total. The van der Waals surface area contributed by atoms with E-state index in [0.29, 0.717) is 11.1 Å². The fraction of sp³-hybridized carbons (Fsp3) is 0.375. The normalized spacial score (nSPS) is 15.3. The SMILES string of the molecule is CCCCCN1CCCC1.O=C(O)c1ccc2c(c1)C(=O)c1ccccc1C2=O. The van der Waals surface area contributed by atoms with Crippen molar-refractivity contribution in [2.75, 3.05) is 19.6 Å². The zero-order valence-electron chi connectivity index (χ0n) is 16.8. The van der Waals surface area contributed by atoms with Gasteiger partial charge in [-0.2, -0.15) is 0 Å². The number of benzene rings is 2. The molecule has 0 aromatic heterocycles. The van der Waals surface area contributed by atoms with Gasteiger partial charge in [-0.1, -0.05) is 44.0 Å². The van der Waals surface area contributed by atoms with E-state index < -0.39 is 5.97 Å². The van der Waals surface area contributed by atoms with Gasteiger partial charge in [-0.15, -0.1) is 0 Å². The van der Waals surface area contributed by atoms with Crippen molar-refractivity contribution < 1.29 is 19.5 Å². The fourth-order valence-corrected chi connectivity index (χ4v) is 3.82. The van der Waals surface area contributed by atoms with Gasteiger partial charge in [-0.05, 0) is 57.1 Å². The van der Waals surface area contributed by atoms with E-state index in [1.165, 1.54) is 69.9 Å². The van der Waals surface area contributed by atoms with E-state index in [9.17, 15) is 14.4 Å². The van der Waals surface area contributed by atoms with Crippen LogP contribution in [-0.2, 0) is 0 Å². The molecule has 1 heterocycles. The van der Waals surface area contributed by atoms with Crippen LogP contribution >= 0.6 is 0 Å². The number of rotatable bonds is 5. The van der Waals surface area contributed by atoms with E-state index in [0.717, 1.165) is 0 Å². The third-order valence-corrected chi connectivity index (χ3v) is 5.45. The molecule has 4 rings (SSSR count). The number of unbranched alkanes of at least 4 members (excludes halogenated alkanes) is 2. The summed E-state index contributed by atoms with van der Waals surface area (Å²) in [6.45, 7) is 6.35. The van der Waals surface area contributed by atoms with E-state index in [1.807, 2.05) is 0 Å². The van der Waals surface area contributed by atoms with Gasteiger partial charge in [0.15, 0.2) is 11.6 Å². The van der Waals surface area contributed by atoms with E-state index in [1.54, 1.807) is 24.3 Å². The number of carboxylic acids is 1. The Balaban J connectivity index is 0.000000204. The van der Waals surface area contributed by atoms with Crippen molar-refractivity contribution in [3.8, 4) is 0 Å². The lowest BCUT2D eigenvalue weighted by molar-refractivity contribution is 0.0696. The molecular formula is C24H27NO4. The first-order valence-electron chi connectivity index (χ1n) is 10.3. The number of carbonyl (C=O) groups is 3. The molecule has 152 valence electrons. The van der Waals surface area contributed by atoms with Crippen LogP contribution in [0.1, 0.15) is 81.2 Å². The summed E-state index contributed by atoms with van der Waals surface area (Å²) in [7, 11) is 0. The number of carboxylic acid groups (broad SMARTS) is 1. The second-order valence-electron chi connectivity index (χ2n) is 7.53. The average molecular weight is 393 g/mol. The molecule has 0 bridgehead atoms. The molecule has 0 amide bonds. The number of aromatic carboxylic acids is 1.